The van der Waals surface area contributed by atoms with Crippen molar-refractivity contribution in [2.24, 2.45) is 0 Å². The maximum atomic E-state index is 13.5. The standard InChI is InChI=1S/C17H18F2N2OS/c1-11-6-8-13(9-7-11)22-10-12(2)20-17(23)21-16-14(18)4-3-5-15(16)19/h3-9,12H,10H2,1-2H3,(H2,20,21,23). The van der Waals surface area contributed by atoms with Crippen LogP contribution in [0.4, 0.5) is 14.5 Å². The Hall–Kier alpha value is -2.21. The second-order valence-electron chi connectivity index (χ2n) is 5.22. The number of benzene rings is 2. The second-order valence-corrected chi connectivity index (χ2v) is 5.63. The fourth-order valence-corrected chi connectivity index (χ4v) is 2.19. The van der Waals surface area contributed by atoms with E-state index in [1.807, 2.05) is 38.1 Å². The van der Waals surface area contributed by atoms with Gasteiger partial charge in [-0.25, -0.2) is 8.78 Å². The minimum atomic E-state index is -0.697. The molecule has 0 spiro atoms. The van der Waals surface area contributed by atoms with Crippen LogP contribution in [0.15, 0.2) is 42.5 Å². The third kappa shape index (κ3) is 5.17. The number of hydrogen-bond donors (Lipinski definition) is 2. The quantitative estimate of drug-likeness (QED) is 0.808. The number of aryl methyl sites for hydroxylation is 1. The molecule has 0 radical (unpaired) electrons. The fraction of sp³-hybridized carbons (Fsp3) is 0.235. The Labute approximate surface area is 139 Å². The van der Waals surface area contributed by atoms with Crippen LogP contribution in [0.5, 0.6) is 5.75 Å². The highest BCUT2D eigenvalue weighted by Gasteiger charge is 2.11. The zero-order chi connectivity index (χ0) is 16.8. The molecular formula is C17H18F2N2OS. The summed E-state index contributed by atoms with van der Waals surface area (Å²) in [5, 5.41) is 5.59. The Morgan fingerprint density at radius 3 is 2.35 bits per heavy atom. The lowest BCUT2D eigenvalue weighted by Gasteiger charge is -2.18. The monoisotopic (exact) mass is 336 g/mol. The molecule has 2 N–H and O–H groups in total. The van der Waals surface area contributed by atoms with Crippen LogP contribution in [0.25, 0.3) is 0 Å². The van der Waals surface area contributed by atoms with Crippen LogP contribution in [0.2, 0.25) is 0 Å². The van der Waals surface area contributed by atoms with Crippen LogP contribution in [0.1, 0.15) is 12.5 Å². The fourth-order valence-electron chi connectivity index (χ4n) is 1.89. The van der Waals surface area contributed by atoms with E-state index in [1.165, 1.54) is 6.07 Å². The Morgan fingerprint density at radius 2 is 1.74 bits per heavy atom. The number of anilines is 1. The van der Waals surface area contributed by atoms with Crippen molar-refractivity contribution in [2.75, 3.05) is 11.9 Å². The van der Waals surface area contributed by atoms with Crippen LogP contribution in [0, 0.1) is 18.6 Å². The van der Waals surface area contributed by atoms with E-state index in [-0.39, 0.29) is 16.8 Å². The van der Waals surface area contributed by atoms with Crippen LogP contribution in [-0.4, -0.2) is 17.8 Å². The highest BCUT2D eigenvalue weighted by Crippen LogP contribution is 2.17. The minimum Gasteiger partial charge on any atom is -0.491 e. The predicted molar refractivity (Wildman–Crippen MR) is 91.9 cm³/mol. The van der Waals surface area contributed by atoms with Gasteiger partial charge in [-0.3, -0.25) is 0 Å². The molecule has 2 aromatic carbocycles. The van der Waals surface area contributed by atoms with Crippen molar-refractivity contribution in [3.63, 3.8) is 0 Å². The Morgan fingerprint density at radius 1 is 1.13 bits per heavy atom. The summed E-state index contributed by atoms with van der Waals surface area (Å²) in [6.45, 7) is 4.23. The molecule has 0 saturated heterocycles. The van der Waals surface area contributed by atoms with Crippen LogP contribution in [0.3, 0.4) is 0 Å². The van der Waals surface area contributed by atoms with Gasteiger partial charge in [-0.2, -0.15) is 0 Å². The first-order valence-electron chi connectivity index (χ1n) is 7.16. The number of ether oxygens (including phenoxy) is 1. The van der Waals surface area contributed by atoms with Crippen molar-refractivity contribution in [1.82, 2.24) is 5.32 Å². The molecule has 0 amide bonds. The lowest BCUT2D eigenvalue weighted by atomic mass is 10.2. The van der Waals surface area contributed by atoms with Gasteiger partial charge in [0.1, 0.15) is 29.7 Å². The predicted octanol–water partition coefficient (Wildman–Crippen LogP) is 4.03. The number of hydrogen-bond acceptors (Lipinski definition) is 2. The number of thiocarbonyl (C=S) groups is 1. The van der Waals surface area contributed by atoms with E-state index in [0.29, 0.717) is 6.61 Å². The lowest BCUT2D eigenvalue weighted by molar-refractivity contribution is 0.287. The largest absolute Gasteiger partial charge is 0.491 e. The average Bonchev–Trinajstić information content (AvgIpc) is 2.50. The van der Waals surface area contributed by atoms with Gasteiger partial charge in [-0.05, 0) is 50.3 Å². The molecule has 0 aliphatic heterocycles. The van der Waals surface area contributed by atoms with Gasteiger partial charge in [0.25, 0.3) is 0 Å². The molecule has 1 atom stereocenters. The van der Waals surface area contributed by atoms with E-state index in [9.17, 15) is 8.78 Å². The van der Waals surface area contributed by atoms with Gasteiger partial charge in [-0.1, -0.05) is 23.8 Å². The summed E-state index contributed by atoms with van der Waals surface area (Å²) < 4.78 is 32.7. The summed E-state index contributed by atoms with van der Waals surface area (Å²) in [5.74, 6) is -0.640. The van der Waals surface area contributed by atoms with Gasteiger partial charge in [0.2, 0.25) is 0 Å². The molecule has 122 valence electrons. The summed E-state index contributed by atoms with van der Waals surface area (Å²) in [5.41, 5.74) is 0.887. The molecular weight excluding hydrogens is 318 g/mol. The third-order valence-corrected chi connectivity index (χ3v) is 3.32. The summed E-state index contributed by atoms with van der Waals surface area (Å²) in [4.78, 5) is 0. The van der Waals surface area contributed by atoms with Gasteiger partial charge in [-0.15, -0.1) is 0 Å². The SMILES string of the molecule is Cc1ccc(OCC(C)NC(=S)Nc2c(F)cccc2F)cc1. The number of para-hydroxylation sites is 1. The highest BCUT2D eigenvalue weighted by molar-refractivity contribution is 7.80. The lowest BCUT2D eigenvalue weighted by Crippen LogP contribution is -2.39. The molecule has 0 heterocycles. The summed E-state index contributed by atoms with van der Waals surface area (Å²) >= 11 is 5.07. The topological polar surface area (TPSA) is 33.3 Å². The highest BCUT2D eigenvalue weighted by atomic mass is 32.1. The molecule has 0 bridgehead atoms. The van der Waals surface area contributed by atoms with E-state index in [0.717, 1.165) is 23.4 Å². The van der Waals surface area contributed by atoms with Gasteiger partial charge in [0, 0.05) is 0 Å². The van der Waals surface area contributed by atoms with E-state index in [1.54, 1.807) is 0 Å². The van der Waals surface area contributed by atoms with E-state index >= 15 is 0 Å². The summed E-state index contributed by atoms with van der Waals surface area (Å²) in [7, 11) is 0. The van der Waals surface area contributed by atoms with E-state index in [2.05, 4.69) is 10.6 Å². The maximum absolute atomic E-state index is 13.5. The molecule has 0 fully saturated rings. The number of halogens is 2. The van der Waals surface area contributed by atoms with Crippen molar-refractivity contribution < 1.29 is 13.5 Å². The molecule has 2 aromatic rings. The first-order chi connectivity index (χ1) is 11.0. The van der Waals surface area contributed by atoms with Crippen molar-refractivity contribution >= 4 is 23.0 Å². The third-order valence-electron chi connectivity index (χ3n) is 3.10. The molecule has 0 aliphatic rings. The van der Waals surface area contributed by atoms with Crippen LogP contribution < -0.4 is 15.4 Å². The van der Waals surface area contributed by atoms with E-state index < -0.39 is 11.6 Å². The molecule has 23 heavy (non-hydrogen) atoms. The maximum Gasteiger partial charge on any atom is 0.171 e. The molecule has 2 rings (SSSR count). The van der Waals surface area contributed by atoms with Crippen molar-refractivity contribution in [1.29, 1.82) is 0 Å². The van der Waals surface area contributed by atoms with Crippen LogP contribution in [-0.2, 0) is 0 Å². The van der Waals surface area contributed by atoms with Gasteiger partial charge < -0.3 is 15.4 Å². The Bertz CT molecular complexity index is 657. The average molecular weight is 336 g/mol. The first kappa shape index (κ1) is 17.1. The normalized spacial score (nSPS) is 11.7. The second kappa shape index (κ2) is 7.87. The number of rotatable bonds is 5. The van der Waals surface area contributed by atoms with Crippen molar-refractivity contribution in [3.05, 3.63) is 59.7 Å². The minimum absolute atomic E-state index is 0.133. The zero-order valence-corrected chi connectivity index (χ0v) is 13.7. The van der Waals surface area contributed by atoms with E-state index in [4.69, 9.17) is 17.0 Å². The number of nitrogens with one attached hydrogen (secondary N) is 2. The molecule has 6 heteroatoms. The van der Waals surface area contributed by atoms with Gasteiger partial charge >= 0.3 is 0 Å². The Kier molecular flexibility index (Phi) is 5.87. The molecule has 0 saturated carbocycles. The molecule has 1 unspecified atom stereocenters. The molecule has 0 aliphatic carbocycles. The van der Waals surface area contributed by atoms with Gasteiger partial charge in [0.15, 0.2) is 5.11 Å². The molecule has 0 aromatic heterocycles. The molecule has 3 nitrogen and oxygen atoms in total. The van der Waals surface area contributed by atoms with Crippen molar-refractivity contribution in [3.8, 4) is 5.75 Å². The zero-order valence-electron chi connectivity index (χ0n) is 12.9. The Balaban J connectivity index is 1.84. The first-order valence-corrected chi connectivity index (χ1v) is 7.57. The smallest absolute Gasteiger partial charge is 0.171 e. The summed E-state index contributed by atoms with van der Waals surface area (Å²) in [6.07, 6.45) is 0. The van der Waals surface area contributed by atoms with Gasteiger partial charge in [0.05, 0.1) is 6.04 Å². The van der Waals surface area contributed by atoms with Crippen molar-refractivity contribution in [2.45, 2.75) is 19.9 Å². The summed E-state index contributed by atoms with van der Waals surface area (Å²) in [6, 6.07) is 11.2. The van der Waals surface area contributed by atoms with Crippen LogP contribution >= 0.6 is 12.2 Å².